The molecule has 0 unspecified atom stereocenters. The smallest absolute Gasteiger partial charge is 0.410 e. The summed E-state index contributed by atoms with van der Waals surface area (Å²) in [5.41, 5.74) is 1.99. The molecule has 4 heteroatoms. The van der Waals surface area contributed by atoms with E-state index < -0.39 is 5.60 Å². The van der Waals surface area contributed by atoms with Crippen LogP contribution in [0.1, 0.15) is 33.3 Å². The largest absolute Gasteiger partial charge is 0.444 e. The Morgan fingerprint density at radius 3 is 2.48 bits per heavy atom. The lowest BCUT2D eigenvalue weighted by Gasteiger charge is -2.24. The van der Waals surface area contributed by atoms with Crippen molar-refractivity contribution in [1.29, 1.82) is 0 Å². The number of hydrogen-bond donors (Lipinski definition) is 1. The Morgan fingerprint density at radius 2 is 1.88 bits per heavy atom. The molecule has 0 spiro atoms. The van der Waals surface area contributed by atoms with Crippen molar-refractivity contribution in [2.75, 3.05) is 26.2 Å². The van der Waals surface area contributed by atoms with E-state index in [9.17, 15) is 4.79 Å². The number of nitrogens with zero attached hydrogens (tertiary/aromatic N) is 1. The van der Waals surface area contributed by atoms with Crippen molar-refractivity contribution in [2.24, 2.45) is 11.8 Å². The molecule has 0 aliphatic carbocycles. The van der Waals surface area contributed by atoms with Gasteiger partial charge < -0.3 is 15.0 Å². The summed E-state index contributed by atoms with van der Waals surface area (Å²) < 4.78 is 5.56. The van der Waals surface area contributed by atoms with Crippen LogP contribution in [-0.4, -0.2) is 42.8 Å². The van der Waals surface area contributed by atoms with Crippen molar-refractivity contribution in [1.82, 2.24) is 10.2 Å². The van der Waals surface area contributed by atoms with Gasteiger partial charge in [0.25, 0.3) is 0 Å². The van der Waals surface area contributed by atoms with Gasteiger partial charge in [-0.3, -0.25) is 0 Å². The van der Waals surface area contributed by atoms with Crippen LogP contribution in [0.15, 0.2) is 42.5 Å². The SMILES string of the molecule is C=C(C)CNC[C@@H]1CN(C(=O)OC(C)(C)C)C[C@H]1Cc1ccccc1. The van der Waals surface area contributed by atoms with Crippen LogP contribution in [0.5, 0.6) is 0 Å². The summed E-state index contributed by atoms with van der Waals surface area (Å²) in [6, 6.07) is 10.5. The highest BCUT2D eigenvalue weighted by Crippen LogP contribution is 2.28. The summed E-state index contributed by atoms with van der Waals surface area (Å²) in [5.74, 6) is 0.861. The Hall–Kier alpha value is -1.81. The molecule has 25 heavy (non-hydrogen) atoms. The van der Waals surface area contributed by atoms with Crippen LogP contribution in [0, 0.1) is 11.8 Å². The first kappa shape index (κ1) is 19.5. The molecule has 1 N–H and O–H groups in total. The molecule has 1 aromatic rings. The molecule has 1 heterocycles. The van der Waals surface area contributed by atoms with Crippen molar-refractivity contribution in [2.45, 2.75) is 39.7 Å². The van der Waals surface area contributed by atoms with Gasteiger partial charge in [0, 0.05) is 26.2 Å². The van der Waals surface area contributed by atoms with E-state index in [1.165, 1.54) is 5.56 Å². The molecule has 0 saturated carbocycles. The molecule has 2 atom stereocenters. The summed E-state index contributed by atoms with van der Waals surface area (Å²) in [5, 5.41) is 3.47. The number of nitrogens with one attached hydrogen (secondary N) is 1. The predicted octanol–water partition coefficient (Wildman–Crippen LogP) is 3.88. The number of rotatable bonds is 6. The molecule has 138 valence electrons. The molecule has 4 nitrogen and oxygen atoms in total. The minimum Gasteiger partial charge on any atom is -0.444 e. The van der Waals surface area contributed by atoms with Gasteiger partial charge in [-0.15, -0.1) is 0 Å². The Labute approximate surface area is 152 Å². The summed E-state index contributed by atoms with van der Waals surface area (Å²) in [4.78, 5) is 14.3. The summed E-state index contributed by atoms with van der Waals surface area (Å²) in [7, 11) is 0. The summed E-state index contributed by atoms with van der Waals surface area (Å²) >= 11 is 0. The average molecular weight is 344 g/mol. The van der Waals surface area contributed by atoms with E-state index in [0.717, 1.165) is 38.2 Å². The summed E-state index contributed by atoms with van der Waals surface area (Å²) in [6.07, 6.45) is 0.785. The van der Waals surface area contributed by atoms with Crippen LogP contribution in [0.25, 0.3) is 0 Å². The van der Waals surface area contributed by atoms with Gasteiger partial charge in [0.15, 0.2) is 0 Å². The topological polar surface area (TPSA) is 41.6 Å². The highest BCUT2D eigenvalue weighted by Gasteiger charge is 2.36. The van der Waals surface area contributed by atoms with E-state index in [0.29, 0.717) is 11.8 Å². The molecular formula is C21H32N2O2. The second kappa shape index (κ2) is 8.52. The molecule has 2 rings (SSSR count). The lowest BCUT2D eigenvalue weighted by Crippen LogP contribution is -2.36. The zero-order chi connectivity index (χ0) is 18.4. The quantitative estimate of drug-likeness (QED) is 0.796. The third kappa shape index (κ3) is 6.54. The van der Waals surface area contributed by atoms with Gasteiger partial charge in [-0.05, 0) is 51.5 Å². The number of carbonyl (C=O) groups excluding carboxylic acids is 1. The van der Waals surface area contributed by atoms with E-state index in [1.807, 2.05) is 38.7 Å². The fourth-order valence-electron chi connectivity index (χ4n) is 3.26. The first-order valence-corrected chi connectivity index (χ1v) is 9.11. The molecule has 0 bridgehead atoms. The molecule has 1 fully saturated rings. The molecule has 1 saturated heterocycles. The van der Waals surface area contributed by atoms with Gasteiger partial charge in [0.05, 0.1) is 0 Å². The van der Waals surface area contributed by atoms with Gasteiger partial charge in [0.2, 0.25) is 0 Å². The minimum absolute atomic E-state index is 0.201. The Bertz CT molecular complexity index is 577. The molecule has 1 aliphatic rings. The average Bonchev–Trinajstić information content (AvgIpc) is 2.89. The fraction of sp³-hybridized carbons (Fsp3) is 0.571. The van der Waals surface area contributed by atoms with Gasteiger partial charge in [-0.1, -0.05) is 42.5 Å². The monoisotopic (exact) mass is 344 g/mol. The van der Waals surface area contributed by atoms with Crippen molar-refractivity contribution in [3.8, 4) is 0 Å². The van der Waals surface area contributed by atoms with E-state index in [-0.39, 0.29) is 6.09 Å². The van der Waals surface area contributed by atoms with Crippen LogP contribution in [0.3, 0.4) is 0 Å². The number of benzene rings is 1. The van der Waals surface area contributed by atoms with Gasteiger partial charge in [0.1, 0.15) is 5.60 Å². The zero-order valence-electron chi connectivity index (χ0n) is 16.0. The molecular weight excluding hydrogens is 312 g/mol. The van der Waals surface area contributed by atoms with Crippen LogP contribution in [0.2, 0.25) is 0 Å². The van der Waals surface area contributed by atoms with Crippen molar-refractivity contribution in [3.63, 3.8) is 0 Å². The lowest BCUT2D eigenvalue weighted by atomic mass is 9.89. The Kier molecular flexibility index (Phi) is 6.65. The normalized spacial score (nSPS) is 20.6. The van der Waals surface area contributed by atoms with E-state index in [2.05, 4.69) is 36.2 Å². The standard InChI is InChI=1S/C21H32N2O2/c1-16(2)12-22-13-19-15-23(20(24)25-21(3,4)5)14-18(19)11-17-9-7-6-8-10-17/h6-10,18-19,22H,1,11-15H2,2-5H3/t18-,19-/m1/s1. The van der Waals surface area contributed by atoms with Gasteiger partial charge in [-0.25, -0.2) is 4.79 Å². The van der Waals surface area contributed by atoms with E-state index in [1.54, 1.807) is 0 Å². The van der Waals surface area contributed by atoms with Crippen molar-refractivity contribution in [3.05, 3.63) is 48.0 Å². The molecule has 0 radical (unpaired) electrons. The van der Waals surface area contributed by atoms with Crippen molar-refractivity contribution < 1.29 is 9.53 Å². The van der Waals surface area contributed by atoms with Gasteiger partial charge >= 0.3 is 6.09 Å². The fourth-order valence-corrected chi connectivity index (χ4v) is 3.26. The number of hydrogen-bond acceptors (Lipinski definition) is 3. The second-order valence-corrected chi connectivity index (χ2v) is 8.18. The number of amides is 1. The van der Waals surface area contributed by atoms with Crippen LogP contribution in [-0.2, 0) is 11.2 Å². The van der Waals surface area contributed by atoms with Crippen LogP contribution in [0.4, 0.5) is 4.79 Å². The maximum absolute atomic E-state index is 12.5. The third-order valence-corrected chi connectivity index (χ3v) is 4.40. The first-order valence-electron chi connectivity index (χ1n) is 9.11. The second-order valence-electron chi connectivity index (χ2n) is 8.18. The number of carbonyl (C=O) groups is 1. The molecule has 0 aromatic heterocycles. The number of ether oxygens (including phenoxy) is 1. The van der Waals surface area contributed by atoms with Crippen LogP contribution < -0.4 is 5.32 Å². The molecule has 1 aromatic carbocycles. The minimum atomic E-state index is -0.456. The third-order valence-electron chi connectivity index (χ3n) is 4.40. The predicted molar refractivity (Wildman–Crippen MR) is 103 cm³/mol. The molecule has 1 aliphatic heterocycles. The first-order chi connectivity index (χ1) is 11.7. The Balaban J connectivity index is 2.01. The lowest BCUT2D eigenvalue weighted by molar-refractivity contribution is 0.0284. The van der Waals surface area contributed by atoms with Crippen molar-refractivity contribution >= 4 is 6.09 Å². The molecule has 1 amide bonds. The highest BCUT2D eigenvalue weighted by atomic mass is 16.6. The van der Waals surface area contributed by atoms with Crippen LogP contribution >= 0.6 is 0 Å². The maximum atomic E-state index is 12.5. The Morgan fingerprint density at radius 1 is 1.24 bits per heavy atom. The number of likely N-dealkylation sites (tertiary alicyclic amines) is 1. The van der Waals surface area contributed by atoms with Gasteiger partial charge in [-0.2, -0.15) is 0 Å². The van der Waals surface area contributed by atoms with E-state index >= 15 is 0 Å². The highest BCUT2D eigenvalue weighted by molar-refractivity contribution is 5.68. The maximum Gasteiger partial charge on any atom is 0.410 e. The zero-order valence-corrected chi connectivity index (χ0v) is 16.0. The van der Waals surface area contributed by atoms with E-state index in [4.69, 9.17) is 4.74 Å². The summed E-state index contributed by atoms with van der Waals surface area (Å²) in [6.45, 7) is 14.9.